The first-order valence-electron chi connectivity index (χ1n) is 4.63. The number of carbonyl (C=O) groups excluding carboxylic acids is 1. The third kappa shape index (κ3) is 1.63. The van der Waals surface area contributed by atoms with Gasteiger partial charge in [-0.3, -0.25) is 9.59 Å². The zero-order valence-corrected chi connectivity index (χ0v) is 9.03. The Morgan fingerprint density at radius 2 is 2.40 bits per heavy atom. The van der Waals surface area contributed by atoms with Gasteiger partial charge in [-0.2, -0.15) is 0 Å². The van der Waals surface area contributed by atoms with Crippen molar-refractivity contribution in [3.05, 3.63) is 22.4 Å². The highest BCUT2D eigenvalue weighted by molar-refractivity contribution is 7.10. The van der Waals surface area contributed by atoms with Crippen LogP contribution < -0.4 is 0 Å². The molecule has 2 heterocycles. The predicted octanol–water partition coefficient (Wildman–Crippen LogP) is 1.35. The number of likely N-dealkylation sites (tertiary alicyclic amines) is 1. The Bertz CT molecular complexity index is 387. The van der Waals surface area contributed by atoms with Gasteiger partial charge in [0.05, 0.1) is 12.0 Å². The summed E-state index contributed by atoms with van der Waals surface area (Å²) in [5, 5.41) is 10.9. The highest BCUT2D eigenvalue weighted by Gasteiger charge is 2.43. The van der Waals surface area contributed by atoms with Crippen LogP contribution in [0.5, 0.6) is 0 Å². The number of hydrogen-bond donors (Lipinski definition) is 1. The van der Waals surface area contributed by atoms with Gasteiger partial charge in [-0.1, -0.05) is 6.07 Å². The van der Waals surface area contributed by atoms with E-state index < -0.39 is 11.9 Å². The first-order chi connectivity index (χ1) is 7.11. The van der Waals surface area contributed by atoms with Crippen molar-refractivity contribution in [2.24, 2.45) is 5.92 Å². The summed E-state index contributed by atoms with van der Waals surface area (Å²) in [6, 6.07) is 3.45. The maximum atomic E-state index is 11.5. The van der Waals surface area contributed by atoms with Gasteiger partial charge in [0.1, 0.15) is 0 Å². The van der Waals surface area contributed by atoms with Crippen LogP contribution in [0.3, 0.4) is 0 Å². The molecule has 2 rings (SSSR count). The van der Waals surface area contributed by atoms with E-state index in [1.54, 1.807) is 7.05 Å². The minimum Gasteiger partial charge on any atom is -0.481 e. The number of aliphatic carboxylic acids is 1. The summed E-state index contributed by atoms with van der Waals surface area (Å²) >= 11 is 1.49. The molecule has 0 aliphatic carbocycles. The molecule has 1 aromatic rings. The highest BCUT2D eigenvalue weighted by Crippen LogP contribution is 2.38. The molecule has 0 radical (unpaired) electrons. The van der Waals surface area contributed by atoms with Gasteiger partial charge in [0.15, 0.2) is 0 Å². The van der Waals surface area contributed by atoms with Crippen LogP contribution in [0, 0.1) is 5.92 Å². The van der Waals surface area contributed by atoms with Crippen LogP contribution in [-0.4, -0.2) is 28.9 Å². The maximum absolute atomic E-state index is 11.5. The largest absolute Gasteiger partial charge is 0.481 e. The van der Waals surface area contributed by atoms with Gasteiger partial charge in [-0.25, -0.2) is 0 Å². The average molecular weight is 225 g/mol. The molecule has 1 N–H and O–H groups in total. The molecule has 4 nitrogen and oxygen atoms in total. The third-order valence-corrected chi connectivity index (χ3v) is 3.68. The molecule has 1 saturated heterocycles. The minimum absolute atomic E-state index is 0.0965. The lowest BCUT2D eigenvalue weighted by Crippen LogP contribution is -2.26. The summed E-state index contributed by atoms with van der Waals surface area (Å²) in [5.74, 6) is -1.60. The fourth-order valence-electron chi connectivity index (χ4n) is 1.94. The number of rotatable bonds is 2. The lowest BCUT2D eigenvalue weighted by molar-refractivity contribution is -0.142. The second kappa shape index (κ2) is 3.66. The molecule has 15 heavy (non-hydrogen) atoms. The van der Waals surface area contributed by atoms with E-state index in [0.29, 0.717) is 0 Å². The summed E-state index contributed by atoms with van der Waals surface area (Å²) in [5.41, 5.74) is 0. The molecular formula is C10H11NO3S. The van der Waals surface area contributed by atoms with Crippen molar-refractivity contribution in [3.63, 3.8) is 0 Å². The van der Waals surface area contributed by atoms with Gasteiger partial charge in [0.2, 0.25) is 5.91 Å². The van der Waals surface area contributed by atoms with Crippen LogP contribution in [0.25, 0.3) is 0 Å². The topological polar surface area (TPSA) is 57.6 Å². The first-order valence-corrected chi connectivity index (χ1v) is 5.51. The SMILES string of the molecule is CN1C(=O)C[C@@H](C(=O)O)[C@@H]1c1cccs1. The molecule has 1 aliphatic rings. The molecule has 0 bridgehead atoms. The second-order valence-electron chi connectivity index (χ2n) is 3.61. The first kappa shape index (κ1) is 10.2. The summed E-state index contributed by atoms with van der Waals surface area (Å²) in [7, 11) is 1.66. The van der Waals surface area contributed by atoms with E-state index in [1.165, 1.54) is 16.2 Å². The Hall–Kier alpha value is -1.36. The van der Waals surface area contributed by atoms with E-state index in [1.807, 2.05) is 17.5 Å². The summed E-state index contributed by atoms with van der Waals surface area (Å²) in [6.45, 7) is 0. The summed E-state index contributed by atoms with van der Waals surface area (Å²) in [4.78, 5) is 25.0. The summed E-state index contributed by atoms with van der Waals surface area (Å²) in [6.07, 6.45) is 0.106. The molecule has 0 saturated carbocycles. The molecule has 0 spiro atoms. The molecule has 1 aliphatic heterocycles. The number of carboxylic acid groups (broad SMARTS) is 1. The minimum atomic E-state index is -0.897. The van der Waals surface area contributed by atoms with Crippen LogP contribution in [0.4, 0.5) is 0 Å². The number of carboxylic acids is 1. The van der Waals surface area contributed by atoms with Crippen LogP contribution in [0.2, 0.25) is 0 Å². The third-order valence-electron chi connectivity index (χ3n) is 2.74. The second-order valence-corrected chi connectivity index (χ2v) is 4.59. The molecule has 0 unspecified atom stereocenters. The zero-order chi connectivity index (χ0) is 11.0. The number of carbonyl (C=O) groups is 2. The predicted molar refractivity (Wildman–Crippen MR) is 55.6 cm³/mol. The Kier molecular flexibility index (Phi) is 2.48. The van der Waals surface area contributed by atoms with Gasteiger partial charge in [0, 0.05) is 18.3 Å². The molecule has 5 heteroatoms. The van der Waals surface area contributed by atoms with E-state index >= 15 is 0 Å². The number of nitrogens with zero attached hydrogens (tertiary/aromatic N) is 1. The van der Waals surface area contributed by atoms with Crippen LogP contribution in [0.1, 0.15) is 17.3 Å². The monoisotopic (exact) mass is 225 g/mol. The van der Waals surface area contributed by atoms with E-state index in [9.17, 15) is 9.59 Å². The van der Waals surface area contributed by atoms with Crippen molar-refractivity contribution >= 4 is 23.2 Å². The quantitative estimate of drug-likeness (QED) is 0.826. The summed E-state index contributed by atoms with van der Waals surface area (Å²) < 4.78 is 0. The van der Waals surface area contributed by atoms with Crippen molar-refractivity contribution in [2.45, 2.75) is 12.5 Å². The van der Waals surface area contributed by atoms with Crippen molar-refractivity contribution in [1.29, 1.82) is 0 Å². The molecule has 0 aromatic carbocycles. The number of amides is 1. The molecule has 80 valence electrons. The highest BCUT2D eigenvalue weighted by atomic mass is 32.1. The van der Waals surface area contributed by atoms with Crippen molar-refractivity contribution in [2.75, 3.05) is 7.05 Å². The van der Waals surface area contributed by atoms with Gasteiger partial charge in [-0.15, -0.1) is 11.3 Å². The van der Waals surface area contributed by atoms with Gasteiger partial charge >= 0.3 is 5.97 Å². The van der Waals surface area contributed by atoms with Crippen molar-refractivity contribution < 1.29 is 14.7 Å². The molecule has 1 aromatic heterocycles. The molecular weight excluding hydrogens is 214 g/mol. The van der Waals surface area contributed by atoms with E-state index in [-0.39, 0.29) is 18.4 Å². The fraction of sp³-hybridized carbons (Fsp3) is 0.400. The number of thiophene rings is 1. The van der Waals surface area contributed by atoms with Crippen molar-refractivity contribution in [3.8, 4) is 0 Å². The maximum Gasteiger partial charge on any atom is 0.309 e. The number of hydrogen-bond acceptors (Lipinski definition) is 3. The van der Waals surface area contributed by atoms with Crippen LogP contribution in [0.15, 0.2) is 17.5 Å². The zero-order valence-electron chi connectivity index (χ0n) is 8.21. The van der Waals surface area contributed by atoms with E-state index in [0.717, 1.165) is 4.88 Å². The van der Waals surface area contributed by atoms with Gasteiger partial charge < -0.3 is 10.0 Å². The van der Waals surface area contributed by atoms with Gasteiger partial charge in [0.25, 0.3) is 0 Å². The lowest BCUT2D eigenvalue weighted by atomic mass is 9.99. The standard InChI is InChI=1S/C10H11NO3S/c1-11-8(12)5-6(10(13)14)9(11)7-3-2-4-15-7/h2-4,6,9H,5H2,1H3,(H,13,14)/t6-,9-/m1/s1. The Labute approximate surface area is 91.1 Å². The van der Waals surface area contributed by atoms with Crippen LogP contribution in [-0.2, 0) is 9.59 Å². The Balaban J connectivity index is 2.34. The average Bonchev–Trinajstić information content (AvgIpc) is 2.76. The van der Waals surface area contributed by atoms with E-state index in [2.05, 4.69) is 0 Å². The Morgan fingerprint density at radius 3 is 2.93 bits per heavy atom. The van der Waals surface area contributed by atoms with Crippen LogP contribution >= 0.6 is 11.3 Å². The van der Waals surface area contributed by atoms with Crippen molar-refractivity contribution in [1.82, 2.24) is 4.90 Å². The Morgan fingerprint density at radius 1 is 1.67 bits per heavy atom. The molecule has 2 atom stereocenters. The van der Waals surface area contributed by atoms with E-state index in [4.69, 9.17) is 5.11 Å². The normalized spacial score (nSPS) is 25.9. The molecule has 1 fully saturated rings. The van der Waals surface area contributed by atoms with Gasteiger partial charge in [-0.05, 0) is 11.4 Å². The smallest absolute Gasteiger partial charge is 0.309 e. The molecule has 1 amide bonds. The lowest BCUT2D eigenvalue weighted by Gasteiger charge is -2.21. The fourth-order valence-corrected chi connectivity index (χ4v) is 2.87.